The molecule has 1 aromatic rings. The molecule has 182 valence electrons. The van der Waals surface area contributed by atoms with E-state index < -0.39 is 5.82 Å². The number of halogens is 1. The normalized spacial score (nSPS) is 16.4. The van der Waals surface area contributed by atoms with Gasteiger partial charge in [-0.3, -0.25) is 4.99 Å². The van der Waals surface area contributed by atoms with Crippen LogP contribution in [0.25, 0.3) is 5.57 Å². The van der Waals surface area contributed by atoms with Gasteiger partial charge in [0, 0.05) is 12.3 Å². The topological polar surface area (TPSA) is 62.2 Å². The SMILES string of the molecule is C/C=N\C1=C(CC)CCC(/C(C)=C(/C=C(\CC)CC(N)CCCC)c2ccc(C#N)c(F)c2)=C1. The summed E-state index contributed by atoms with van der Waals surface area (Å²) in [5.74, 6) is -0.488. The minimum atomic E-state index is -0.488. The van der Waals surface area contributed by atoms with Crippen molar-refractivity contribution in [3.05, 3.63) is 75.3 Å². The summed E-state index contributed by atoms with van der Waals surface area (Å²) in [4.78, 5) is 4.61. The highest BCUT2D eigenvalue weighted by atomic mass is 19.1. The van der Waals surface area contributed by atoms with E-state index in [9.17, 15) is 9.65 Å². The Morgan fingerprint density at radius 1 is 1.26 bits per heavy atom. The van der Waals surface area contributed by atoms with Crippen LogP contribution < -0.4 is 5.73 Å². The number of unbranched alkanes of at least 4 members (excludes halogenated alkanes) is 1. The second-order valence-electron chi connectivity index (χ2n) is 9.01. The van der Waals surface area contributed by atoms with Gasteiger partial charge in [0.05, 0.1) is 11.3 Å². The van der Waals surface area contributed by atoms with Gasteiger partial charge in [0.2, 0.25) is 0 Å². The second-order valence-corrected chi connectivity index (χ2v) is 9.01. The molecule has 1 aliphatic rings. The number of rotatable bonds is 11. The van der Waals surface area contributed by atoms with Gasteiger partial charge >= 0.3 is 0 Å². The number of hydrogen-bond acceptors (Lipinski definition) is 3. The zero-order valence-corrected chi connectivity index (χ0v) is 21.5. The van der Waals surface area contributed by atoms with Crippen molar-refractivity contribution in [2.24, 2.45) is 10.7 Å². The van der Waals surface area contributed by atoms with Crippen LogP contribution in [-0.2, 0) is 0 Å². The number of nitrogens with two attached hydrogens (primary N) is 1. The third-order valence-corrected chi connectivity index (χ3v) is 6.61. The maximum Gasteiger partial charge on any atom is 0.141 e. The van der Waals surface area contributed by atoms with Crippen LogP contribution in [0.15, 0.2) is 63.3 Å². The van der Waals surface area contributed by atoms with Gasteiger partial charge in [-0.2, -0.15) is 5.26 Å². The van der Waals surface area contributed by atoms with Crippen molar-refractivity contribution in [2.75, 3.05) is 0 Å². The molecule has 1 atom stereocenters. The molecule has 0 saturated heterocycles. The quantitative estimate of drug-likeness (QED) is 0.267. The van der Waals surface area contributed by atoms with Crippen molar-refractivity contribution in [2.45, 2.75) is 92.0 Å². The van der Waals surface area contributed by atoms with E-state index in [4.69, 9.17) is 5.73 Å². The van der Waals surface area contributed by atoms with Gasteiger partial charge in [-0.05, 0) is 98.4 Å². The summed E-state index contributed by atoms with van der Waals surface area (Å²) in [7, 11) is 0. The van der Waals surface area contributed by atoms with E-state index in [0.29, 0.717) is 0 Å². The molecule has 0 fully saturated rings. The van der Waals surface area contributed by atoms with E-state index in [1.54, 1.807) is 6.07 Å². The molecule has 34 heavy (non-hydrogen) atoms. The summed E-state index contributed by atoms with van der Waals surface area (Å²) < 4.78 is 14.6. The van der Waals surface area contributed by atoms with Crippen molar-refractivity contribution >= 4 is 11.8 Å². The van der Waals surface area contributed by atoms with Crippen LogP contribution in [0.5, 0.6) is 0 Å². The van der Waals surface area contributed by atoms with E-state index >= 15 is 0 Å². The number of nitriles is 1. The van der Waals surface area contributed by atoms with E-state index in [1.165, 1.54) is 22.8 Å². The van der Waals surface area contributed by atoms with Crippen LogP contribution in [0.2, 0.25) is 0 Å². The standard InChI is InChI=1S/C30H40FN3/c1-6-10-11-27(33)16-22(7-2)17-28(25-14-15-26(20-32)29(31)18-25)21(5)24-13-12-23(8-3)30(19-24)34-9-4/h9,14-15,17-19,27H,6-8,10-13,16,33H2,1-5H3/b22-17+,28-21-,34-9-. The maximum absolute atomic E-state index is 14.6. The molecule has 0 heterocycles. The molecule has 0 radical (unpaired) electrons. The van der Waals surface area contributed by atoms with Gasteiger partial charge in [-0.25, -0.2) is 4.39 Å². The Labute approximate surface area is 205 Å². The van der Waals surface area contributed by atoms with Crippen LogP contribution in [0, 0.1) is 17.1 Å². The molecule has 2 N–H and O–H groups in total. The number of benzene rings is 1. The number of allylic oxidation sites excluding steroid dienone is 6. The van der Waals surface area contributed by atoms with Gasteiger partial charge in [-0.15, -0.1) is 0 Å². The third-order valence-electron chi connectivity index (χ3n) is 6.61. The highest BCUT2D eigenvalue weighted by molar-refractivity contribution is 5.80. The molecule has 0 saturated carbocycles. The van der Waals surface area contributed by atoms with Gasteiger partial charge in [0.1, 0.15) is 11.9 Å². The molecular weight excluding hydrogens is 421 g/mol. The van der Waals surface area contributed by atoms with Crippen molar-refractivity contribution in [1.82, 2.24) is 0 Å². The van der Waals surface area contributed by atoms with Gasteiger partial charge in [0.15, 0.2) is 0 Å². The Morgan fingerprint density at radius 2 is 2.03 bits per heavy atom. The molecule has 0 spiro atoms. The molecule has 0 aliphatic heterocycles. The van der Waals surface area contributed by atoms with Crippen LogP contribution in [-0.4, -0.2) is 12.3 Å². The molecule has 4 heteroatoms. The summed E-state index contributed by atoms with van der Waals surface area (Å²) in [6.07, 6.45) is 14.1. The monoisotopic (exact) mass is 461 g/mol. The Bertz CT molecular complexity index is 1050. The molecule has 1 aromatic carbocycles. The van der Waals surface area contributed by atoms with E-state index in [0.717, 1.165) is 73.8 Å². The summed E-state index contributed by atoms with van der Waals surface area (Å²) in [6.45, 7) is 10.6. The molecular formula is C30H40FN3. The van der Waals surface area contributed by atoms with Crippen molar-refractivity contribution < 1.29 is 4.39 Å². The second kappa shape index (κ2) is 13.8. The molecule has 1 aliphatic carbocycles. The van der Waals surface area contributed by atoms with Gasteiger partial charge < -0.3 is 5.73 Å². The number of aliphatic imine (C=N–C) groups is 1. The van der Waals surface area contributed by atoms with Crippen LogP contribution in [0.1, 0.15) is 97.1 Å². The van der Waals surface area contributed by atoms with E-state index in [-0.39, 0.29) is 11.6 Å². The largest absolute Gasteiger partial charge is 0.327 e. The highest BCUT2D eigenvalue weighted by Crippen LogP contribution is 2.35. The van der Waals surface area contributed by atoms with Gasteiger partial charge in [-0.1, -0.05) is 51.3 Å². The van der Waals surface area contributed by atoms with Gasteiger partial charge in [0.25, 0.3) is 0 Å². The average molecular weight is 462 g/mol. The van der Waals surface area contributed by atoms with Crippen molar-refractivity contribution in [1.29, 1.82) is 5.26 Å². The summed E-state index contributed by atoms with van der Waals surface area (Å²) in [5.41, 5.74) is 14.3. The molecule has 3 nitrogen and oxygen atoms in total. The first-order chi connectivity index (χ1) is 16.4. The van der Waals surface area contributed by atoms with Crippen LogP contribution in [0.3, 0.4) is 0 Å². The lowest BCUT2D eigenvalue weighted by Gasteiger charge is -2.21. The Kier molecular flexibility index (Phi) is 11.2. The number of nitrogens with zero attached hydrogens (tertiary/aromatic N) is 2. The molecule has 0 aromatic heterocycles. The predicted octanol–water partition coefficient (Wildman–Crippen LogP) is 8.19. The molecule has 1 unspecified atom stereocenters. The number of hydrogen-bond donors (Lipinski definition) is 1. The molecule has 0 bridgehead atoms. The van der Waals surface area contributed by atoms with E-state index in [2.05, 4.69) is 44.8 Å². The molecule has 2 rings (SSSR count). The lowest BCUT2D eigenvalue weighted by molar-refractivity contribution is 0.566. The zero-order chi connectivity index (χ0) is 25.1. The average Bonchev–Trinajstić information content (AvgIpc) is 2.84. The van der Waals surface area contributed by atoms with Crippen LogP contribution in [0.4, 0.5) is 4.39 Å². The van der Waals surface area contributed by atoms with Crippen molar-refractivity contribution in [3.8, 4) is 6.07 Å². The predicted molar refractivity (Wildman–Crippen MR) is 143 cm³/mol. The smallest absolute Gasteiger partial charge is 0.141 e. The first-order valence-electron chi connectivity index (χ1n) is 12.7. The fraction of sp³-hybridized carbons (Fsp3) is 0.467. The zero-order valence-electron chi connectivity index (χ0n) is 21.5. The molecule has 0 amide bonds. The first kappa shape index (κ1) is 27.5. The summed E-state index contributed by atoms with van der Waals surface area (Å²) in [5, 5.41) is 9.19. The first-order valence-corrected chi connectivity index (χ1v) is 12.7. The fourth-order valence-electron chi connectivity index (χ4n) is 4.44. The summed E-state index contributed by atoms with van der Waals surface area (Å²) >= 11 is 0. The Balaban J connectivity index is 2.63. The minimum Gasteiger partial charge on any atom is -0.327 e. The Hall–Kier alpha value is -2.77. The lowest BCUT2D eigenvalue weighted by atomic mass is 9.86. The Morgan fingerprint density at radius 3 is 2.62 bits per heavy atom. The summed E-state index contributed by atoms with van der Waals surface area (Å²) in [6, 6.07) is 6.96. The fourth-order valence-corrected chi connectivity index (χ4v) is 4.44. The van der Waals surface area contributed by atoms with Crippen LogP contribution >= 0.6 is 0 Å². The maximum atomic E-state index is 14.6. The van der Waals surface area contributed by atoms with Crippen molar-refractivity contribution in [3.63, 3.8) is 0 Å². The van der Waals surface area contributed by atoms with E-state index in [1.807, 2.05) is 25.3 Å². The highest BCUT2D eigenvalue weighted by Gasteiger charge is 2.17. The lowest BCUT2D eigenvalue weighted by Crippen LogP contribution is -2.20. The third kappa shape index (κ3) is 7.37. The minimum absolute atomic E-state index is 0.0639.